The zero-order valence-corrected chi connectivity index (χ0v) is 11.7. The molecule has 0 radical (unpaired) electrons. The minimum Gasteiger partial charge on any atom is -0.497 e. The minimum atomic E-state index is -0.380. The Bertz CT molecular complexity index is 422. The van der Waals surface area contributed by atoms with Crippen LogP contribution in [-0.4, -0.2) is 25.1 Å². The van der Waals surface area contributed by atoms with Crippen molar-refractivity contribution in [1.29, 1.82) is 0 Å². The molecule has 0 aliphatic carbocycles. The Morgan fingerprint density at radius 2 is 2.16 bits per heavy atom. The molecule has 1 saturated heterocycles. The van der Waals surface area contributed by atoms with Crippen LogP contribution in [0.2, 0.25) is 0 Å². The van der Waals surface area contributed by atoms with E-state index in [1.807, 2.05) is 24.3 Å². The number of ether oxygens (including phenoxy) is 1. The third-order valence-corrected chi connectivity index (χ3v) is 3.70. The van der Waals surface area contributed by atoms with Crippen LogP contribution in [0.3, 0.4) is 0 Å². The molecule has 0 bridgehead atoms. The zero-order valence-electron chi connectivity index (χ0n) is 11.7. The maximum Gasteiger partial charge on any atom is 0.244 e. The first-order valence-corrected chi connectivity index (χ1v) is 6.91. The third-order valence-electron chi connectivity index (χ3n) is 3.70. The number of carbonyl (C=O) groups excluding carboxylic acids is 1. The smallest absolute Gasteiger partial charge is 0.244 e. The Labute approximate surface area is 114 Å². The predicted molar refractivity (Wildman–Crippen MR) is 76.5 cm³/mol. The van der Waals surface area contributed by atoms with Gasteiger partial charge in [0, 0.05) is 5.69 Å². The molecule has 1 aromatic rings. The number of rotatable bonds is 5. The lowest BCUT2D eigenvalue weighted by Gasteiger charge is -2.27. The second-order valence-electron chi connectivity index (χ2n) is 5.05. The van der Waals surface area contributed by atoms with E-state index in [4.69, 9.17) is 4.74 Å². The Morgan fingerprint density at radius 1 is 1.42 bits per heavy atom. The van der Waals surface area contributed by atoms with Gasteiger partial charge >= 0.3 is 0 Å². The summed E-state index contributed by atoms with van der Waals surface area (Å²) in [5.74, 6) is 0.872. The molecule has 19 heavy (non-hydrogen) atoms. The molecule has 1 amide bonds. The van der Waals surface area contributed by atoms with Crippen LogP contribution in [0.1, 0.15) is 32.6 Å². The van der Waals surface area contributed by atoms with Gasteiger partial charge in [0.2, 0.25) is 5.91 Å². The monoisotopic (exact) mass is 262 g/mol. The van der Waals surface area contributed by atoms with Crippen molar-refractivity contribution in [2.45, 2.75) is 38.1 Å². The Morgan fingerprint density at radius 3 is 2.68 bits per heavy atom. The number of benzene rings is 1. The van der Waals surface area contributed by atoms with Crippen molar-refractivity contribution in [3.63, 3.8) is 0 Å². The van der Waals surface area contributed by atoms with Gasteiger partial charge in [-0.05, 0) is 50.1 Å². The summed E-state index contributed by atoms with van der Waals surface area (Å²) in [7, 11) is 1.63. The molecule has 4 nitrogen and oxygen atoms in total. The van der Waals surface area contributed by atoms with E-state index in [1.54, 1.807) is 7.11 Å². The largest absolute Gasteiger partial charge is 0.497 e. The molecule has 0 spiro atoms. The second-order valence-corrected chi connectivity index (χ2v) is 5.05. The summed E-state index contributed by atoms with van der Waals surface area (Å²) in [5.41, 5.74) is 0.435. The van der Waals surface area contributed by atoms with E-state index in [9.17, 15) is 4.79 Å². The number of nitrogens with one attached hydrogen (secondary N) is 2. The highest BCUT2D eigenvalue weighted by atomic mass is 16.5. The number of anilines is 1. The lowest BCUT2D eigenvalue weighted by molar-refractivity contribution is -0.122. The van der Waals surface area contributed by atoms with Crippen molar-refractivity contribution >= 4 is 11.6 Å². The SMILES string of the molecule is CCCC1(C(=O)Nc2ccc(OC)cc2)CCCN1. The van der Waals surface area contributed by atoms with Crippen molar-refractivity contribution in [2.24, 2.45) is 0 Å². The van der Waals surface area contributed by atoms with Crippen LogP contribution >= 0.6 is 0 Å². The molecule has 4 heteroatoms. The average molecular weight is 262 g/mol. The molecule has 1 atom stereocenters. The van der Waals surface area contributed by atoms with Crippen molar-refractivity contribution < 1.29 is 9.53 Å². The lowest BCUT2D eigenvalue weighted by Crippen LogP contribution is -2.50. The topological polar surface area (TPSA) is 50.4 Å². The highest BCUT2D eigenvalue weighted by Crippen LogP contribution is 2.26. The maximum absolute atomic E-state index is 12.5. The van der Waals surface area contributed by atoms with Gasteiger partial charge in [-0.2, -0.15) is 0 Å². The predicted octanol–water partition coefficient (Wildman–Crippen LogP) is 2.56. The van der Waals surface area contributed by atoms with Gasteiger partial charge in [0.25, 0.3) is 0 Å². The maximum atomic E-state index is 12.5. The summed E-state index contributed by atoms with van der Waals surface area (Å²) in [4.78, 5) is 12.5. The van der Waals surface area contributed by atoms with Gasteiger partial charge in [0.15, 0.2) is 0 Å². The summed E-state index contributed by atoms with van der Waals surface area (Å²) < 4.78 is 5.11. The van der Waals surface area contributed by atoms with E-state index in [0.29, 0.717) is 0 Å². The number of amides is 1. The van der Waals surface area contributed by atoms with Crippen LogP contribution in [0, 0.1) is 0 Å². The first kappa shape index (κ1) is 13.9. The summed E-state index contributed by atoms with van der Waals surface area (Å²) in [6.07, 6.45) is 3.87. The molecular formula is C15H22N2O2. The van der Waals surface area contributed by atoms with Crippen LogP contribution in [0.25, 0.3) is 0 Å². The molecule has 1 fully saturated rings. The highest BCUT2D eigenvalue weighted by Gasteiger charge is 2.39. The van der Waals surface area contributed by atoms with Gasteiger partial charge in [0.1, 0.15) is 5.75 Å². The van der Waals surface area contributed by atoms with Gasteiger partial charge in [-0.25, -0.2) is 0 Å². The number of hydrogen-bond donors (Lipinski definition) is 2. The van der Waals surface area contributed by atoms with Crippen molar-refractivity contribution in [3.05, 3.63) is 24.3 Å². The van der Waals surface area contributed by atoms with Gasteiger partial charge in [-0.1, -0.05) is 13.3 Å². The summed E-state index contributed by atoms with van der Waals surface area (Å²) >= 11 is 0. The fourth-order valence-electron chi connectivity index (χ4n) is 2.68. The molecule has 0 saturated carbocycles. The third kappa shape index (κ3) is 3.07. The van der Waals surface area contributed by atoms with E-state index in [-0.39, 0.29) is 11.4 Å². The summed E-state index contributed by atoms with van der Waals surface area (Å²) in [6.45, 7) is 3.04. The van der Waals surface area contributed by atoms with Gasteiger partial charge < -0.3 is 15.4 Å². The van der Waals surface area contributed by atoms with Crippen molar-refractivity contribution in [2.75, 3.05) is 19.0 Å². The van der Waals surface area contributed by atoms with Gasteiger partial charge in [0.05, 0.1) is 12.6 Å². The van der Waals surface area contributed by atoms with Crippen molar-refractivity contribution in [1.82, 2.24) is 5.32 Å². The molecule has 104 valence electrons. The van der Waals surface area contributed by atoms with Crippen LogP contribution in [-0.2, 0) is 4.79 Å². The summed E-state index contributed by atoms with van der Waals surface area (Å²) in [5, 5.41) is 6.38. The molecule has 1 heterocycles. The number of hydrogen-bond acceptors (Lipinski definition) is 3. The second kappa shape index (κ2) is 6.06. The number of carbonyl (C=O) groups is 1. The first-order valence-electron chi connectivity index (χ1n) is 6.91. The van der Waals surface area contributed by atoms with Crippen LogP contribution in [0.15, 0.2) is 24.3 Å². The van der Waals surface area contributed by atoms with Crippen LogP contribution < -0.4 is 15.4 Å². The average Bonchev–Trinajstić information content (AvgIpc) is 2.90. The van der Waals surface area contributed by atoms with Gasteiger partial charge in [-0.15, -0.1) is 0 Å². The normalized spacial score (nSPS) is 22.2. The van der Waals surface area contributed by atoms with E-state index in [1.165, 1.54) is 0 Å². The molecule has 1 aliphatic rings. The molecule has 2 N–H and O–H groups in total. The van der Waals surface area contributed by atoms with E-state index >= 15 is 0 Å². The molecular weight excluding hydrogens is 240 g/mol. The summed E-state index contributed by atoms with van der Waals surface area (Å²) in [6, 6.07) is 7.44. The Kier molecular flexibility index (Phi) is 4.43. The van der Waals surface area contributed by atoms with E-state index in [0.717, 1.165) is 43.7 Å². The number of methoxy groups -OCH3 is 1. The fraction of sp³-hybridized carbons (Fsp3) is 0.533. The molecule has 1 aromatic carbocycles. The quantitative estimate of drug-likeness (QED) is 0.857. The Hall–Kier alpha value is -1.55. The highest BCUT2D eigenvalue weighted by molar-refractivity contribution is 5.98. The molecule has 0 aromatic heterocycles. The first-order chi connectivity index (χ1) is 9.20. The van der Waals surface area contributed by atoms with E-state index < -0.39 is 0 Å². The van der Waals surface area contributed by atoms with E-state index in [2.05, 4.69) is 17.6 Å². The fourth-order valence-corrected chi connectivity index (χ4v) is 2.68. The van der Waals surface area contributed by atoms with Crippen molar-refractivity contribution in [3.8, 4) is 5.75 Å². The van der Waals surface area contributed by atoms with Crippen LogP contribution in [0.4, 0.5) is 5.69 Å². The molecule has 1 aliphatic heterocycles. The molecule has 1 unspecified atom stereocenters. The molecule has 2 rings (SSSR count). The lowest BCUT2D eigenvalue weighted by atomic mass is 9.91. The minimum absolute atomic E-state index is 0.0806. The Balaban J connectivity index is 2.05. The zero-order chi connectivity index (χ0) is 13.7. The van der Waals surface area contributed by atoms with Crippen LogP contribution in [0.5, 0.6) is 5.75 Å². The van der Waals surface area contributed by atoms with Gasteiger partial charge in [-0.3, -0.25) is 4.79 Å². The standard InChI is InChI=1S/C15H22N2O2/c1-3-9-15(10-4-11-16-15)14(18)17-12-5-7-13(19-2)8-6-12/h5-8,16H,3-4,9-11H2,1-2H3,(H,17,18).